The van der Waals surface area contributed by atoms with Crippen molar-refractivity contribution in [1.29, 1.82) is 0 Å². The number of amides is 3. The molecule has 0 spiro atoms. The molecule has 0 unspecified atom stereocenters. The minimum atomic E-state index is -0.885. The maximum absolute atomic E-state index is 13.4. The van der Waals surface area contributed by atoms with Crippen LogP contribution in [0.4, 0.5) is 0 Å². The van der Waals surface area contributed by atoms with Gasteiger partial charge in [-0.05, 0) is 68.2 Å². The second-order valence-corrected chi connectivity index (χ2v) is 10.5. The molecule has 0 aliphatic heterocycles. The molecule has 0 aliphatic carbocycles. The number of carbonyl (C=O) groups is 3. The van der Waals surface area contributed by atoms with Crippen LogP contribution < -0.4 is 44.6 Å². The van der Waals surface area contributed by atoms with E-state index in [2.05, 4.69) is 25.9 Å². The first-order valence-corrected chi connectivity index (χ1v) is 15.0. The fourth-order valence-corrected chi connectivity index (χ4v) is 4.46. The quantitative estimate of drug-likeness (QED) is 0.0585. The number of guanidine groups is 2. The maximum atomic E-state index is 13.4. The van der Waals surface area contributed by atoms with Gasteiger partial charge in [0.05, 0.1) is 6.42 Å². The molecule has 3 amide bonds. The third-order valence-electron chi connectivity index (χ3n) is 6.78. The lowest BCUT2D eigenvalue weighted by Crippen LogP contribution is -2.54. The van der Waals surface area contributed by atoms with Crippen LogP contribution >= 0.6 is 0 Å². The predicted octanol–water partition coefficient (Wildman–Crippen LogP) is 0.218. The van der Waals surface area contributed by atoms with Gasteiger partial charge in [-0.3, -0.25) is 24.4 Å². The first-order valence-electron chi connectivity index (χ1n) is 15.0. The Morgan fingerprint density at radius 3 is 1.89 bits per heavy atom. The van der Waals surface area contributed by atoms with Crippen LogP contribution in [0.25, 0.3) is 11.1 Å². The molecule has 13 heteroatoms. The Hall–Kier alpha value is -4.65. The Balaban J connectivity index is 2.04. The minimum Gasteiger partial charge on any atom is -0.370 e. The molecule has 2 aromatic carbocycles. The molecule has 44 heavy (non-hydrogen) atoms. The lowest BCUT2D eigenvalue weighted by atomic mass is 10.0. The van der Waals surface area contributed by atoms with Crippen molar-refractivity contribution < 1.29 is 14.4 Å². The number of hydrogen-bond donors (Lipinski definition) is 8. The second kappa shape index (κ2) is 20.3. The van der Waals surface area contributed by atoms with E-state index in [1.54, 1.807) is 0 Å². The van der Waals surface area contributed by atoms with Gasteiger partial charge in [-0.15, -0.1) is 0 Å². The van der Waals surface area contributed by atoms with Crippen molar-refractivity contribution in [2.45, 2.75) is 63.5 Å². The van der Waals surface area contributed by atoms with Crippen LogP contribution in [0.2, 0.25) is 0 Å². The zero-order valence-electron chi connectivity index (χ0n) is 25.3. The van der Waals surface area contributed by atoms with Crippen LogP contribution in [0.3, 0.4) is 0 Å². The number of hydrogen-bond acceptors (Lipinski definition) is 6. The van der Waals surface area contributed by atoms with Gasteiger partial charge >= 0.3 is 0 Å². The number of nitrogens with two attached hydrogens (primary N) is 5. The van der Waals surface area contributed by atoms with E-state index in [0.717, 1.165) is 16.7 Å². The Labute approximate surface area is 259 Å². The number of nitrogens with zero attached hydrogens (tertiary/aromatic N) is 2. The molecular formula is C31H48N10O3. The summed E-state index contributed by atoms with van der Waals surface area (Å²) < 4.78 is 0. The second-order valence-electron chi connectivity index (χ2n) is 10.5. The molecule has 0 fully saturated rings. The van der Waals surface area contributed by atoms with Crippen LogP contribution in [0.15, 0.2) is 64.6 Å². The average molecular weight is 609 g/mol. The molecule has 0 heterocycles. The summed E-state index contributed by atoms with van der Waals surface area (Å²) in [6.07, 6.45) is 3.95. The highest BCUT2D eigenvalue weighted by Gasteiger charge is 2.26. The van der Waals surface area contributed by atoms with E-state index in [9.17, 15) is 14.4 Å². The molecule has 0 aromatic heterocycles. The van der Waals surface area contributed by atoms with Crippen LogP contribution in [0.5, 0.6) is 0 Å². The van der Waals surface area contributed by atoms with E-state index in [0.29, 0.717) is 64.7 Å². The first kappa shape index (κ1) is 35.5. The largest absolute Gasteiger partial charge is 0.370 e. The van der Waals surface area contributed by atoms with Crippen molar-refractivity contribution in [3.8, 4) is 11.1 Å². The minimum absolute atomic E-state index is 0.0256. The summed E-state index contributed by atoms with van der Waals surface area (Å²) in [6, 6.07) is 16.0. The number of nitrogens with one attached hydrogen (secondary N) is 3. The SMILES string of the molecule is NCCCC[C@H](NC(=O)[C@H](CCCN=C(N)N)NC(=O)Cc1ccc(-c2ccccc2)cc1)C(=O)NCCCCN=C(N)N. The number of rotatable bonds is 20. The monoisotopic (exact) mass is 608 g/mol. The van der Waals surface area contributed by atoms with Crippen molar-refractivity contribution in [1.82, 2.24) is 16.0 Å². The normalized spacial score (nSPS) is 11.9. The molecule has 2 rings (SSSR count). The smallest absolute Gasteiger partial charge is 0.243 e. The van der Waals surface area contributed by atoms with Crippen molar-refractivity contribution in [3.05, 3.63) is 60.2 Å². The van der Waals surface area contributed by atoms with Gasteiger partial charge < -0.3 is 44.6 Å². The number of carbonyl (C=O) groups excluding carboxylic acids is 3. The zero-order chi connectivity index (χ0) is 32.2. The van der Waals surface area contributed by atoms with Crippen LogP contribution in [-0.4, -0.2) is 67.9 Å². The summed E-state index contributed by atoms with van der Waals surface area (Å²) in [7, 11) is 0. The van der Waals surface area contributed by atoms with Gasteiger partial charge in [0.25, 0.3) is 0 Å². The van der Waals surface area contributed by atoms with E-state index in [4.69, 9.17) is 28.7 Å². The fraction of sp³-hybridized carbons (Fsp3) is 0.452. The molecule has 0 saturated heterocycles. The number of aliphatic imine (C=N–C) groups is 2. The van der Waals surface area contributed by atoms with Crippen LogP contribution in [-0.2, 0) is 20.8 Å². The lowest BCUT2D eigenvalue weighted by Gasteiger charge is -2.23. The Morgan fingerprint density at radius 1 is 0.659 bits per heavy atom. The van der Waals surface area contributed by atoms with Gasteiger partial charge in [0.1, 0.15) is 12.1 Å². The molecule has 0 saturated carbocycles. The highest BCUT2D eigenvalue weighted by Crippen LogP contribution is 2.19. The molecule has 0 radical (unpaired) electrons. The first-order chi connectivity index (χ1) is 21.2. The molecule has 0 aliphatic rings. The van der Waals surface area contributed by atoms with E-state index >= 15 is 0 Å². The Bertz CT molecular complexity index is 1210. The van der Waals surface area contributed by atoms with E-state index < -0.39 is 18.0 Å². The standard InChI is InChI=1S/C31H48N10O3/c32-17-5-4-11-25(28(43)37-18-6-7-19-38-30(33)34)41-29(44)26(12-8-20-39-31(35)36)40-27(42)21-22-13-15-24(16-14-22)23-9-2-1-3-10-23/h1-3,9-10,13-16,25-26H,4-8,11-12,17-21,32H2,(H,37,43)(H,40,42)(H,41,44)(H4,33,34,38)(H4,35,36,39)/t25-,26-/m0/s1. The summed E-state index contributed by atoms with van der Waals surface area (Å²) in [4.78, 5) is 47.4. The zero-order valence-corrected chi connectivity index (χ0v) is 25.3. The highest BCUT2D eigenvalue weighted by atomic mass is 16.2. The fourth-order valence-electron chi connectivity index (χ4n) is 4.46. The molecule has 13 N–H and O–H groups in total. The van der Waals surface area contributed by atoms with Gasteiger partial charge in [0.15, 0.2) is 11.9 Å². The molecule has 2 aromatic rings. The lowest BCUT2D eigenvalue weighted by molar-refractivity contribution is -0.132. The van der Waals surface area contributed by atoms with Crippen molar-refractivity contribution in [2.24, 2.45) is 38.7 Å². The molecule has 2 atom stereocenters. The van der Waals surface area contributed by atoms with Crippen molar-refractivity contribution >= 4 is 29.6 Å². The summed E-state index contributed by atoms with van der Waals surface area (Å²) in [5, 5.41) is 8.55. The van der Waals surface area contributed by atoms with Gasteiger partial charge in [0.2, 0.25) is 17.7 Å². The Morgan fingerprint density at radius 2 is 1.25 bits per heavy atom. The Kier molecular flexibility index (Phi) is 16.4. The van der Waals surface area contributed by atoms with E-state index in [1.165, 1.54) is 0 Å². The summed E-state index contributed by atoms with van der Waals surface area (Å²) in [6.45, 7) is 1.64. The van der Waals surface area contributed by atoms with Gasteiger partial charge in [-0.2, -0.15) is 0 Å². The molecule has 240 valence electrons. The third kappa shape index (κ3) is 14.5. The molecule has 13 nitrogen and oxygen atoms in total. The summed E-state index contributed by atoms with van der Waals surface area (Å²) in [5.41, 5.74) is 30.1. The van der Waals surface area contributed by atoms with Gasteiger partial charge in [-0.25, -0.2) is 0 Å². The molecule has 0 bridgehead atoms. The summed E-state index contributed by atoms with van der Waals surface area (Å²) in [5.74, 6) is -1.10. The van der Waals surface area contributed by atoms with Crippen LogP contribution in [0.1, 0.15) is 50.5 Å². The van der Waals surface area contributed by atoms with E-state index in [-0.39, 0.29) is 36.6 Å². The number of benzene rings is 2. The summed E-state index contributed by atoms with van der Waals surface area (Å²) >= 11 is 0. The predicted molar refractivity (Wildman–Crippen MR) is 175 cm³/mol. The van der Waals surface area contributed by atoms with Crippen molar-refractivity contribution in [2.75, 3.05) is 26.2 Å². The molecular weight excluding hydrogens is 560 g/mol. The maximum Gasteiger partial charge on any atom is 0.243 e. The van der Waals surface area contributed by atoms with E-state index in [1.807, 2.05) is 54.6 Å². The highest BCUT2D eigenvalue weighted by molar-refractivity contribution is 5.92. The van der Waals surface area contributed by atoms with Crippen LogP contribution in [0, 0.1) is 0 Å². The number of unbranched alkanes of at least 4 members (excludes halogenated alkanes) is 2. The topological polar surface area (TPSA) is 242 Å². The van der Waals surface area contributed by atoms with Gasteiger partial charge in [-0.1, -0.05) is 54.6 Å². The average Bonchev–Trinajstić information content (AvgIpc) is 3.00. The van der Waals surface area contributed by atoms with Crippen molar-refractivity contribution in [3.63, 3.8) is 0 Å². The third-order valence-corrected chi connectivity index (χ3v) is 6.78. The van der Waals surface area contributed by atoms with Gasteiger partial charge in [0, 0.05) is 19.6 Å².